The summed E-state index contributed by atoms with van der Waals surface area (Å²) < 4.78 is 0. The van der Waals surface area contributed by atoms with E-state index in [2.05, 4.69) is 68.7 Å². The van der Waals surface area contributed by atoms with Gasteiger partial charge in [0.05, 0.1) is 0 Å². The molecule has 0 spiro atoms. The second kappa shape index (κ2) is 8.44. The van der Waals surface area contributed by atoms with E-state index < -0.39 is 0 Å². The van der Waals surface area contributed by atoms with E-state index in [4.69, 9.17) is 0 Å². The van der Waals surface area contributed by atoms with Crippen LogP contribution in [0.1, 0.15) is 62.3 Å². The van der Waals surface area contributed by atoms with E-state index in [0.717, 1.165) is 0 Å². The van der Waals surface area contributed by atoms with Gasteiger partial charge in [-0.25, -0.2) is 0 Å². The van der Waals surface area contributed by atoms with Gasteiger partial charge in [0.15, 0.2) is 0 Å². The summed E-state index contributed by atoms with van der Waals surface area (Å²) in [5.41, 5.74) is 0. The molecule has 108 valence electrons. The molecular weight excluding hydrogens is 347 g/mol. The minimum Gasteiger partial charge on any atom is -0.0582 e. The first kappa shape index (κ1) is 20.8. The first-order valence-corrected chi connectivity index (χ1v) is 7.08. The second-order valence-corrected chi connectivity index (χ2v) is 5.89. The van der Waals surface area contributed by atoms with Gasteiger partial charge >= 0.3 is 0 Å². The van der Waals surface area contributed by atoms with Crippen LogP contribution in [0.25, 0.3) is 0 Å². The quantitative estimate of drug-likeness (QED) is 0.513. The molecule has 0 N–H and O–H groups in total. The maximum atomic E-state index is 2.24. The van der Waals surface area contributed by atoms with Crippen LogP contribution in [-0.4, -0.2) is 23.9 Å². The first-order valence-electron chi connectivity index (χ1n) is 7.08. The van der Waals surface area contributed by atoms with Gasteiger partial charge in [-0.15, -0.1) is 0 Å². The van der Waals surface area contributed by atoms with E-state index in [1.807, 2.05) is 0 Å². The molecule has 0 amide bonds. The molecule has 2 fully saturated rings. The molecule has 0 saturated heterocycles. The molecule has 2 rings (SSSR count). The summed E-state index contributed by atoms with van der Waals surface area (Å²) in [6, 6.07) is 0. The van der Waals surface area contributed by atoms with E-state index in [9.17, 15) is 0 Å². The SMILES string of the molecule is C[C]1[CH][C](C)[C](C)[C]1C.C[C]1[C](C)[C](C)[C](C)[C]1C.[Sn]. The molecule has 0 aromatic heterocycles. The van der Waals surface area contributed by atoms with Crippen molar-refractivity contribution >= 4 is 23.9 Å². The fourth-order valence-corrected chi connectivity index (χ4v) is 2.54. The summed E-state index contributed by atoms with van der Waals surface area (Å²) in [5.74, 6) is 13.1. The Balaban J connectivity index is 0.000000345. The standard InChI is InChI=1S/C10H15.C9H13.Sn/c1-6-7(2)9(4)10(5)8(6)3;1-6-5-7(2)9(4)8(6)3;/h1-5H3;5H,1-4H3;. The Morgan fingerprint density at radius 2 is 0.600 bits per heavy atom. The van der Waals surface area contributed by atoms with Gasteiger partial charge in [0.25, 0.3) is 0 Å². The predicted molar refractivity (Wildman–Crippen MR) is 90.3 cm³/mol. The fourth-order valence-electron chi connectivity index (χ4n) is 2.54. The average Bonchev–Trinajstić information content (AvgIpc) is 2.69. The van der Waals surface area contributed by atoms with Crippen LogP contribution in [-0.2, 0) is 0 Å². The van der Waals surface area contributed by atoms with Crippen molar-refractivity contribution in [3.8, 4) is 0 Å². The van der Waals surface area contributed by atoms with Crippen LogP contribution in [0.2, 0.25) is 0 Å². The normalized spacial score (nSPS) is 26.9. The second-order valence-electron chi connectivity index (χ2n) is 5.89. The third-order valence-corrected chi connectivity index (χ3v) is 4.99. The van der Waals surface area contributed by atoms with Gasteiger partial charge in [0.2, 0.25) is 0 Å². The van der Waals surface area contributed by atoms with Crippen LogP contribution in [0, 0.1) is 59.7 Å². The van der Waals surface area contributed by atoms with Gasteiger partial charge in [-0.1, -0.05) is 62.3 Å². The van der Waals surface area contributed by atoms with E-state index in [-0.39, 0.29) is 23.9 Å². The molecule has 0 bridgehead atoms. The molecule has 2 aliphatic carbocycles. The maximum absolute atomic E-state index is 2.24. The summed E-state index contributed by atoms with van der Waals surface area (Å²) in [4.78, 5) is 0. The van der Waals surface area contributed by atoms with Crippen molar-refractivity contribution in [3.05, 3.63) is 59.7 Å². The zero-order valence-electron chi connectivity index (χ0n) is 14.6. The van der Waals surface area contributed by atoms with Gasteiger partial charge in [-0.3, -0.25) is 0 Å². The number of hydrogen-bond acceptors (Lipinski definition) is 0. The minimum absolute atomic E-state index is 0. The number of hydrogen-bond donors (Lipinski definition) is 0. The summed E-state index contributed by atoms with van der Waals surface area (Å²) in [7, 11) is 0. The van der Waals surface area contributed by atoms with Gasteiger partial charge in [0, 0.05) is 23.9 Å². The summed E-state index contributed by atoms with van der Waals surface area (Å²) >= 11 is 0. The molecule has 0 aromatic carbocycles. The molecule has 20 heavy (non-hydrogen) atoms. The topological polar surface area (TPSA) is 0 Å². The zero-order chi connectivity index (χ0) is 14.9. The van der Waals surface area contributed by atoms with Crippen LogP contribution >= 0.6 is 0 Å². The van der Waals surface area contributed by atoms with Crippen LogP contribution in [0.5, 0.6) is 0 Å². The van der Waals surface area contributed by atoms with Crippen LogP contribution in [0.4, 0.5) is 0 Å². The third kappa shape index (κ3) is 4.40. The molecule has 2 aliphatic rings. The molecule has 0 aromatic rings. The molecule has 2 saturated carbocycles. The van der Waals surface area contributed by atoms with Crippen molar-refractivity contribution in [1.29, 1.82) is 0 Å². The van der Waals surface area contributed by atoms with Crippen LogP contribution in [0.3, 0.4) is 0 Å². The summed E-state index contributed by atoms with van der Waals surface area (Å²) in [5, 5.41) is 0. The number of rotatable bonds is 0. The summed E-state index contributed by atoms with van der Waals surface area (Å²) in [6.45, 7) is 19.7. The van der Waals surface area contributed by atoms with E-state index >= 15 is 0 Å². The van der Waals surface area contributed by atoms with Crippen molar-refractivity contribution in [1.82, 2.24) is 0 Å². The van der Waals surface area contributed by atoms with Gasteiger partial charge in [-0.05, 0) is 59.7 Å². The fraction of sp³-hybridized carbons (Fsp3) is 0.474. The third-order valence-electron chi connectivity index (χ3n) is 4.99. The van der Waals surface area contributed by atoms with Crippen molar-refractivity contribution in [2.75, 3.05) is 0 Å². The van der Waals surface area contributed by atoms with Gasteiger partial charge in [0.1, 0.15) is 0 Å². The molecule has 0 heterocycles. The first-order chi connectivity index (χ1) is 8.68. The van der Waals surface area contributed by atoms with Crippen molar-refractivity contribution in [3.63, 3.8) is 0 Å². The molecule has 1 heteroatoms. The van der Waals surface area contributed by atoms with Crippen molar-refractivity contribution in [2.45, 2.75) is 62.3 Å². The van der Waals surface area contributed by atoms with E-state index in [0.29, 0.717) is 0 Å². The Bertz CT molecular complexity index is 218. The Kier molecular flexibility index (Phi) is 8.77. The molecular formula is C19H28Sn. The molecule has 0 unspecified atom stereocenters. The Morgan fingerprint density at radius 3 is 0.700 bits per heavy atom. The monoisotopic (exact) mass is 376 g/mol. The Hall–Kier alpha value is 0.799. The molecule has 0 aliphatic heterocycles. The molecule has 0 nitrogen and oxygen atoms in total. The van der Waals surface area contributed by atoms with E-state index in [1.54, 1.807) is 0 Å². The smallest absolute Gasteiger partial charge is 0 e. The van der Waals surface area contributed by atoms with Crippen molar-refractivity contribution in [2.24, 2.45) is 0 Å². The van der Waals surface area contributed by atoms with Gasteiger partial charge < -0.3 is 0 Å². The Morgan fingerprint density at radius 1 is 0.400 bits per heavy atom. The summed E-state index contributed by atoms with van der Waals surface area (Å²) in [6.07, 6.45) is 2.24. The van der Waals surface area contributed by atoms with Crippen LogP contribution in [0.15, 0.2) is 0 Å². The average molecular weight is 375 g/mol. The van der Waals surface area contributed by atoms with Crippen molar-refractivity contribution < 1.29 is 0 Å². The largest absolute Gasteiger partial charge is 0.0582 e. The molecule has 0 atom stereocenters. The van der Waals surface area contributed by atoms with Crippen LogP contribution < -0.4 is 0 Å². The minimum atomic E-state index is 0. The molecule has 14 radical (unpaired) electrons. The van der Waals surface area contributed by atoms with Gasteiger partial charge in [-0.2, -0.15) is 0 Å². The predicted octanol–water partition coefficient (Wildman–Crippen LogP) is 5.17. The zero-order valence-corrected chi connectivity index (χ0v) is 17.4. The maximum Gasteiger partial charge on any atom is 0 e. The van der Waals surface area contributed by atoms with E-state index in [1.165, 1.54) is 53.3 Å². The Labute approximate surface area is 145 Å².